The molecular formula is C29H28N2O4. The molecule has 1 amide bonds. The predicted octanol–water partition coefficient (Wildman–Crippen LogP) is 5.12. The Morgan fingerprint density at radius 3 is 2.54 bits per heavy atom. The van der Waals surface area contributed by atoms with Crippen molar-refractivity contribution < 1.29 is 20.5 Å². The zero-order valence-corrected chi connectivity index (χ0v) is 19.6. The third kappa shape index (κ3) is 4.50. The minimum Gasteiger partial charge on any atom is -0.454 e. The molecular weight excluding hydrogens is 440 g/mol. The maximum atomic E-state index is 13.4. The van der Waals surface area contributed by atoms with Gasteiger partial charge in [-0.15, -0.1) is 0 Å². The van der Waals surface area contributed by atoms with E-state index >= 15 is 0 Å². The second kappa shape index (κ2) is 9.27. The van der Waals surface area contributed by atoms with E-state index in [0.29, 0.717) is 24.3 Å². The third-order valence-corrected chi connectivity index (χ3v) is 6.86. The fourth-order valence-electron chi connectivity index (χ4n) is 4.63. The van der Waals surface area contributed by atoms with Gasteiger partial charge < -0.3 is 14.8 Å². The number of Topliss-reactive ketones (excluding diaryl/α,β-unsaturated/α-hetero) is 1. The van der Waals surface area contributed by atoms with Crippen LogP contribution in [0.5, 0.6) is 11.5 Å². The summed E-state index contributed by atoms with van der Waals surface area (Å²) in [6, 6.07) is 21.4. The normalized spacial score (nSPS) is 14.7. The zero-order chi connectivity index (χ0) is 24.4. The van der Waals surface area contributed by atoms with Crippen LogP contribution >= 0.6 is 0 Å². The van der Waals surface area contributed by atoms with Gasteiger partial charge in [0.15, 0.2) is 11.5 Å². The van der Waals surface area contributed by atoms with Crippen LogP contribution in [0, 0.1) is 18.3 Å². The van der Waals surface area contributed by atoms with Crippen LogP contribution in [0.2, 0.25) is 0 Å². The largest absolute Gasteiger partial charge is 0.454 e. The molecule has 6 nitrogen and oxygen atoms in total. The van der Waals surface area contributed by atoms with Crippen LogP contribution in [-0.2, 0) is 16.6 Å². The summed E-state index contributed by atoms with van der Waals surface area (Å²) >= 11 is 0. The fourth-order valence-corrected chi connectivity index (χ4v) is 4.63. The highest BCUT2D eigenvalue weighted by atomic mass is 16.7. The number of benzene rings is 3. The van der Waals surface area contributed by atoms with E-state index in [2.05, 4.69) is 11.4 Å². The van der Waals surface area contributed by atoms with Crippen molar-refractivity contribution in [1.82, 2.24) is 5.32 Å². The van der Waals surface area contributed by atoms with E-state index in [9.17, 15) is 9.59 Å². The highest BCUT2D eigenvalue weighted by molar-refractivity contribution is 5.95. The lowest BCUT2D eigenvalue weighted by Gasteiger charge is -2.16. The van der Waals surface area contributed by atoms with Gasteiger partial charge in [-0.3, -0.25) is 9.59 Å². The second-order valence-corrected chi connectivity index (χ2v) is 9.14. The molecule has 1 aliphatic heterocycles. The topological polar surface area (TPSA) is 88.4 Å². The number of aryl methyl sites for hydroxylation is 1. The molecule has 1 fully saturated rings. The molecule has 3 aromatic rings. The Labute approximate surface area is 206 Å². The molecule has 3 aromatic carbocycles. The Hall–Kier alpha value is -4.11. The van der Waals surface area contributed by atoms with Crippen molar-refractivity contribution in [3.05, 3.63) is 82.9 Å². The van der Waals surface area contributed by atoms with Crippen molar-refractivity contribution >= 4 is 11.7 Å². The van der Waals surface area contributed by atoms with Gasteiger partial charge in [-0.25, -0.2) is 0 Å². The van der Waals surface area contributed by atoms with Gasteiger partial charge >= 0.3 is 0 Å². The van der Waals surface area contributed by atoms with Crippen LogP contribution < -0.4 is 14.8 Å². The van der Waals surface area contributed by atoms with E-state index in [1.54, 1.807) is 12.1 Å². The summed E-state index contributed by atoms with van der Waals surface area (Å²) in [5.74, 6) is 1.46. The number of fused-ring (bicyclic) bond motifs is 1. The van der Waals surface area contributed by atoms with E-state index in [1.165, 1.54) is 0 Å². The smallest absolute Gasteiger partial charge is 0.251 e. The average Bonchev–Trinajstić information content (AvgIpc) is 3.56. The van der Waals surface area contributed by atoms with Crippen molar-refractivity contribution in [2.45, 2.75) is 38.0 Å². The lowest BCUT2D eigenvalue weighted by Crippen LogP contribution is -2.24. The van der Waals surface area contributed by atoms with Gasteiger partial charge in [0, 0.05) is 20.0 Å². The Morgan fingerprint density at radius 2 is 1.80 bits per heavy atom. The molecule has 0 unspecified atom stereocenters. The van der Waals surface area contributed by atoms with Crippen LogP contribution in [0.4, 0.5) is 0 Å². The minimum absolute atomic E-state index is 0. The summed E-state index contributed by atoms with van der Waals surface area (Å²) in [5, 5.41) is 11.4. The van der Waals surface area contributed by atoms with Crippen molar-refractivity contribution in [1.29, 1.82) is 5.26 Å². The Bertz CT molecular complexity index is 1340. The third-order valence-electron chi connectivity index (χ3n) is 6.86. The first-order chi connectivity index (χ1) is 17.0. The molecule has 0 spiro atoms. The quantitative estimate of drug-likeness (QED) is 0.464. The Morgan fingerprint density at radius 1 is 1.03 bits per heavy atom. The summed E-state index contributed by atoms with van der Waals surface area (Å²) in [7, 11) is 0. The molecule has 1 aliphatic carbocycles. The molecule has 0 bridgehead atoms. The first-order valence-corrected chi connectivity index (χ1v) is 11.8. The molecule has 0 saturated heterocycles. The lowest BCUT2D eigenvalue weighted by atomic mass is 9.87. The van der Waals surface area contributed by atoms with Crippen LogP contribution in [0.3, 0.4) is 0 Å². The fraction of sp³-hybridized carbons (Fsp3) is 0.276. The molecule has 1 heterocycles. The van der Waals surface area contributed by atoms with E-state index in [-0.39, 0.29) is 26.3 Å². The molecule has 0 atom stereocenters. The number of rotatable bonds is 8. The maximum absolute atomic E-state index is 13.4. The molecule has 35 heavy (non-hydrogen) atoms. The Kier molecular flexibility index (Phi) is 6.00. The van der Waals surface area contributed by atoms with Gasteiger partial charge in [0.05, 0.1) is 17.9 Å². The number of hydrogen-bond donors (Lipinski definition) is 1. The zero-order valence-electron chi connectivity index (χ0n) is 19.6. The van der Waals surface area contributed by atoms with E-state index in [4.69, 9.17) is 14.7 Å². The molecule has 178 valence electrons. The monoisotopic (exact) mass is 468 g/mol. The number of nitrogens with zero attached hydrogens (tertiary/aromatic N) is 1. The standard InChI is InChI=1S/C29H26N2O4.H2/c1-19-3-4-20(15-24(19)21-5-7-22(8-6-21)28(33)31-14-2-13-30)16-27(32)29(11-12-29)23-9-10-25-26(17-23)35-18-34-25;/h3-10,15,17H,2,11-12,14,16,18H2,1H3,(H,31,33);1H. The average molecular weight is 469 g/mol. The highest BCUT2D eigenvalue weighted by Gasteiger charge is 2.50. The van der Waals surface area contributed by atoms with E-state index < -0.39 is 5.41 Å². The molecule has 0 aromatic heterocycles. The number of carbonyl (C=O) groups excluding carboxylic acids is 2. The predicted molar refractivity (Wildman–Crippen MR) is 133 cm³/mol. The summed E-state index contributed by atoms with van der Waals surface area (Å²) in [6.07, 6.45) is 2.34. The number of hydrogen-bond acceptors (Lipinski definition) is 5. The lowest BCUT2D eigenvalue weighted by molar-refractivity contribution is -0.120. The van der Waals surface area contributed by atoms with Gasteiger partial charge in [0.1, 0.15) is 5.78 Å². The first-order valence-electron chi connectivity index (χ1n) is 11.8. The van der Waals surface area contributed by atoms with E-state index in [0.717, 1.165) is 46.4 Å². The molecule has 2 aliphatic rings. The highest BCUT2D eigenvalue weighted by Crippen LogP contribution is 2.51. The van der Waals surface area contributed by atoms with Gasteiger partial charge in [-0.2, -0.15) is 5.26 Å². The van der Waals surface area contributed by atoms with Crippen molar-refractivity contribution in [2.75, 3.05) is 13.3 Å². The number of nitriles is 1. The molecule has 5 rings (SSSR count). The Balaban J connectivity index is 0.00000304. The number of ketones is 1. The van der Waals surface area contributed by atoms with Crippen molar-refractivity contribution in [2.24, 2.45) is 0 Å². The van der Waals surface area contributed by atoms with Gasteiger partial charge in [0.2, 0.25) is 6.79 Å². The van der Waals surface area contributed by atoms with Crippen LogP contribution in [-0.4, -0.2) is 25.0 Å². The van der Waals surface area contributed by atoms with Gasteiger partial charge in [-0.05, 0) is 71.8 Å². The molecule has 6 heteroatoms. The number of nitrogens with one attached hydrogen (secondary N) is 1. The van der Waals surface area contributed by atoms with Gasteiger partial charge in [-0.1, -0.05) is 36.4 Å². The van der Waals surface area contributed by atoms with Crippen LogP contribution in [0.1, 0.15) is 47.7 Å². The number of ether oxygens (including phenoxy) is 2. The molecule has 1 N–H and O–H groups in total. The number of carbonyl (C=O) groups is 2. The van der Waals surface area contributed by atoms with Crippen LogP contribution in [0.15, 0.2) is 60.7 Å². The molecule has 0 radical (unpaired) electrons. The number of amides is 1. The maximum Gasteiger partial charge on any atom is 0.251 e. The van der Waals surface area contributed by atoms with E-state index in [1.807, 2.05) is 55.5 Å². The van der Waals surface area contributed by atoms with Crippen molar-refractivity contribution in [3.63, 3.8) is 0 Å². The van der Waals surface area contributed by atoms with Crippen molar-refractivity contribution in [3.8, 4) is 28.7 Å². The second-order valence-electron chi connectivity index (χ2n) is 9.14. The summed E-state index contributed by atoms with van der Waals surface area (Å²) in [4.78, 5) is 25.6. The summed E-state index contributed by atoms with van der Waals surface area (Å²) < 4.78 is 10.9. The molecule has 1 saturated carbocycles. The summed E-state index contributed by atoms with van der Waals surface area (Å²) in [6.45, 7) is 2.59. The first kappa shape index (κ1) is 22.7. The summed E-state index contributed by atoms with van der Waals surface area (Å²) in [5.41, 5.74) is 5.22. The minimum atomic E-state index is -0.438. The van der Waals surface area contributed by atoms with Gasteiger partial charge in [0.25, 0.3) is 5.91 Å². The van der Waals surface area contributed by atoms with Crippen LogP contribution in [0.25, 0.3) is 11.1 Å². The SMILES string of the molecule is Cc1ccc(CC(=O)C2(c3ccc4c(c3)OCO4)CC2)cc1-c1ccc(C(=O)NCCC#N)cc1.[HH].